The summed E-state index contributed by atoms with van der Waals surface area (Å²) in [5, 5.41) is 0.187. The summed E-state index contributed by atoms with van der Waals surface area (Å²) in [5.74, 6) is 0.257. The Morgan fingerprint density at radius 2 is 1.77 bits per heavy atom. The molecular weight excluding hydrogens is 290 g/mol. The second kappa shape index (κ2) is 6.17. The molecule has 122 valence electrons. The summed E-state index contributed by atoms with van der Waals surface area (Å²) in [4.78, 5) is 14.4. The fourth-order valence-corrected chi connectivity index (χ4v) is 3.51. The molecule has 1 aromatic carbocycles. The van der Waals surface area contributed by atoms with Crippen molar-refractivity contribution in [1.29, 1.82) is 0 Å². The zero-order valence-corrected chi connectivity index (χ0v) is 15.7. The van der Waals surface area contributed by atoms with E-state index in [0.29, 0.717) is 13.2 Å². The van der Waals surface area contributed by atoms with Crippen LogP contribution in [0, 0.1) is 5.92 Å². The summed E-state index contributed by atoms with van der Waals surface area (Å²) < 4.78 is 6.23. The molecule has 1 aromatic rings. The maximum Gasteiger partial charge on any atom is 0.230 e. The van der Waals surface area contributed by atoms with Crippen molar-refractivity contribution in [3.63, 3.8) is 0 Å². The molecule has 1 saturated heterocycles. The van der Waals surface area contributed by atoms with Gasteiger partial charge in [0.25, 0.3) is 0 Å². The Morgan fingerprint density at radius 3 is 2.27 bits per heavy atom. The van der Waals surface area contributed by atoms with Crippen molar-refractivity contribution in [3.05, 3.63) is 35.9 Å². The Balaban J connectivity index is 1.90. The molecule has 1 amide bonds. The van der Waals surface area contributed by atoms with Gasteiger partial charge in [-0.3, -0.25) is 4.79 Å². The van der Waals surface area contributed by atoms with Crippen molar-refractivity contribution < 1.29 is 9.22 Å². The molecule has 22 heavy (non-hydrogen) atoms. The van der Waals surface area contributed by atoms with Crippen LogP contribution in [-0.4, -0.2) is 31.8 Å². The zero-order valence-electron chi connectivity index (χ0n) is 14.7. The third-order valence-electron chi connectivity index (χ3n) is 5.30. The average molecular weight is 320 g/mol. The fraction of sp³-hybridized carbons (Fsp3) is 0.611. The standard InChI is InChI=1S/C18H29NO2Si/c1-14-16(13-21-22(5,6)18(2,3)4)17(20)19(14)12-15-10-8-7-9-11-15/h7-11,14,16H,12-13H2,1-6H3/t14-,16-/m1/s1. The van der Waals surface area contributed by atoms with Crippen molar-refractivity contribution in [2.75, 3.05) is 6.61 Å². The molecule has 3 nitrogen and oxygen atoms in total. The Bertz CT molecular complexity index is 522. The van der Waals surface area contributed by atoms with Gasteiger partial charge >= 0.3 is 0 Å². The molecule has 1 aliphatic rings. The molecule has 2 rings (SSSR count). The Hall–Kier alpha value is -1.13. The minimum absolute atomic E-state index is 0.0258. The number of benzene rings is 1. The Morgan fingerprint density at radius 1 is 1.18 bits per heavy atom. The van der Waals surface area contributed by atoms with Crippen LogP contribution in [0.5, 0.6) is 0 Å². The van der Waals surface area contributed by atoms with Crippen LogP contribution in [0.1, 0.15) is 33.3 Å². The largest absolute Gasteiger partial charge is 0.416 e. The van der Waals surface area contributed by atoms with Crippen LogP contribution in [0.3, 0.4) is 0 Å². The van der Waals surface area contributed by atoms with Gasteiger partial charge in [0.15, 0.2) is 8.32 Å². The van der Waals surface area contributed by atoms with Gasteiger partial charge in [-0.05, 0) is 30.6 Å². The lowest BCUT2D eigenvalue weighted by atomic mass is 9.89. The monoisotopic (exact) mass is 319 g/mol. The molecule has 4 heteroatoms. The number of carbonyl (C=O) groups excluding carboxylic acids is 1. The first-order valence-electron chi connectivity index (χ1n) is 8.12. The maximum absolute atomic E-state index is 12.4. The molecule has 1 fully saturated rings. The average Bonchev–Trinajstić information content (AvgIpc) is 2.44. The van der Waals surface area contributed by atoms with E-state index in [1.807, 2.05) is 23.1 Å². The number of likely N-dealkylation sites (tertiary alicyclic amines) is 1. The summed E-state index contributed by atoms with van der Waals surface area (Å²) in [6.45, 7) is 14.6. The quantitative estimate of drug-likeness (QED) is 0.605. The second-order valence-electron chi connectivity index (χ2n) is 7.87. The first-order chi connectivity index (χ1) is 10.1. The van der Waals surface area contributed by atoms with Crippen LogP contribution in [-0.2, 0) is 15.8 Å². The summed E-state index contributed by atoms with van der Waals surface area (Å²) in [7, 11) is -1.78. The van der Waals surface area contributed by atoms with E-state index < -0.39 is 8.32 Å². The van der Waals surface area contributed by atoms with E-state index in [1.165, 1.54) is 5.56 Å². The van der Waals surface area contributed by atoms with E-state index in [2.05, 4.69) is 52.9 Å². The SMILES string of the molecule is C[C@@H]1[C@@H](CO[Si](C)(C)C(C)(C)C)C(=O)N1Cc1ccccc1. The van der Waals surface area contributed by atoms with Crippen molar-refractivity contribution in [3.8, 4) is 0 Å². The highest BCUT2D eigenvalue weighted by Gasteiger charge is 2.46. The van der Waals surface area contributed by atoms with E-state index in [0.717, 1.165) is 0 Å². The molecule has 0 aliphatic carbocycles. The zero-order chi connectivity index (χ0) is 16.5. The van der Waals surface area contributed by atoms with Crippen molar-refractivity contribution in [2.45, 2.75) is 58.4 Å². The van der Waals surface area contributed by atoms with E-state index in [4.69, 9.17) is 4.43 Å². The highest BCUT2D eigenvalue weighted by atomic mass is 28.4. The molecule has 0 unspecified atom stereocenters. The van der Waals surface area contributed by atoms with Gasteiger partial charge in [-0.15, -0.1) is 0 Å². The van der Waals surface area contributed by atoms with Crippen molar-refractivity contribution in [2.24, 2.45) is 5.92 Å². The normalized spacial score (nSPS) is 22.6. The molecule has 0 aromatic heterocycles. The first kappa shape index (κ1) is 17.2. The summed E-state index contributed by atoms with van der Waals surface area (Å²) in [6.07, 6.45) is 0. The highest BCUT2D eigenvalue weighted by molar-refractivity contribution is 6.74. The maximum atomic E-state index is 12.4. The number of amides is 1. The van der Waals surface area contributed by atoms with E-state index >= 15 is 0 Å². The molecule has 1 heterocycles. The van der Waals surface area contributed by atoms with Crippen LogP contribution in [0.2, 0.25) is 18.1 Å². The Labute approximate surface area is 135 Å². The number of β-lactam (4-membered cyclic amide) rings is 1. The molecule has 0 spiro atoms. The summed E-state index contributed by atoms with van der Waals surface area (Å²) in [5.41, 5.74) is 1.19. The van der Waals surface area contributed by atoms with Crippen LogP contribution in [0.15, 0.2) is 30.3 Å². The molecule has 0 N–H and O–H groups in total. The number of rotatable bonds is 5. The summed E-state index contributed by atoms with van der Waals surface area (Å²) >= 11 is 0. The van der Waals surface area contributed by atoms with Gasteiger partial charge in [0.05, 0.1) is 5.92 Å². The van der Waals surface area contributed by atoms with Crippen LogP contribution in [0.4, 0.5) is 0 Å². The van der Waals surface area contributed by atoms with Crippen LogP contribution >= 0.6 is 0 Å². The van der Waals surface area contributed by atoms with Gasteiger partial charge in [-0.1, -0.05) is 51.1 Å². The van der Waals surface area contributed by atoms with Crippen LogP contribution in [0.25, 0.3) is 0 Å². The number of hydrogen-bond donors (Lipinski definition) is 0. The van der Waals surface area contributed by atoms with Gasteiger partial charge in [0, 0.05) is 19.2 Å². The lowest BCUT2D eigenvalue weighted by Crippen LogP contribution is -2.61. The Kier molecular flexibility index (Phi) is 4.83. The third-order valence-corrected chi connectivity index (χ3v) is 9.80. The van der Waals surface area contributed by atoms with Crippen LogP contribution < -0.4 is 0 Å². The minimum atomic E-state index is -1.78. The van der Waals surface area contributed by atoms with Gasteiger partial charge in [-0.2, -0.15) is 0 Å². The highest BCUT2D eigenvalue weighted by Crippen LogP contribution is 2.38. The fourth-order valence-electron chi connectivity index (χ4n) is 2.48. The van der Waals surface area contributed by atoms with E-state index in [1.54, 1.807) is 0 Å². The predicted octanol–water partition coefficient (Wildman–Crippen LogP) is 4.06. The number of carbonyl (C=O) groups is 1. The second-order valence-corrected chi connectivity index (χ2v) is 12.7. The molecular formula is C18H29NO2Si. The molecule has 0 radical (unpaired) electrons. The van der Waals surface area contributed by atoms with E-state index in [9.17, 15) is 4.79 Å². The van der Waals surface area contributed by atoms with Gasteiger partial charge < -0.3 is 9.33 Å². The van der Waals surface area contributed by atoms with Gasteiger partial charge in [-0.25, -0.2) is 0 Å². The first-order valence-corrected chi connectivity index (χ1v) is 11.0. The lowest BCUT2D eigenvalue weighted by Gasteiger charge is -2.47. The van der Waals surface area contributed by atoms with Gasteiger partial charge in [0.2, 0.25) is 5.91 Å². The molecule has 2 atom stereocenters. The third kappa shape index (κ3) is 3.44. The van der Waals surface area contributed by atoms with E-state index in [-0.39, 0.29) is 22.9 Å². The number of hydrogen-bond acceptors (Lipinski definition) is 2. The minimum Gasteiger partial charge on any atom is -0.416 e. The van der Waals surface area contributed by atoms with Crippen molar-refractivity contribution >= 4 is 14.2 Å². The van der Waals surface area contributed by atoms with Gasteiger partial charge in [0.1, 0.15) is 0 Å². The molecule has 0 bridgehead atoms. The smallest absolute Gasteiger partial charge is 0.230 e. The predicted molar refractivity (Wildman–Crippen MR) is 93.1 cm³/mol. The molecule has 0 saturated carbocycles. The lowest BCUT2D eigenvalue weighted by molar-refractivity contribution is -0.158. The number of nitrogens with zero attached hydrogens (tertiary/aromatic N) is 1. The molecule has 1 aliphatic heterocycles. The summed E-state index contributed by atoms with van der Waals surface area (Å²) in [6, 6.07) is 10.4. The topological polar surface area (TPSA) is 29.5 Å². The van der Waals surface area contributed by atoms with Crippen molar-refractivity contribution in [1.82, 2.24) is 4.90 Å².